The van der Waals surface area contributed by atoms with Gasteiger partial charge in [-0.2, -0.15) is 0 Å². The van der Waals surface area contributed by atoms with Crippen LogP contribution in [-0.2, 0) is 19.2 Å². The Hall–Kier alpha value is -3.34. The van der Waals surface area contributed by atoms with Crippen molar-refractivity contribution in [2.75, 3.05) is 36.8 Å². The molecule has 0 spiro atoms. The number of hydrogen-bond donors (Lipinski definition) is 5. The number of rotatable bonds is 12. The monoisotopic (exact) mass is 397 g/mol. The third kappa shape index (κ3) is 6.43. The Balaban J connectivity index is 3.24. The first kappa shape index (κ1) is 22.7. The molecule has 0 saturated carbocycles. The molecule has 1 aromatic rings. The largest absolute Gasteiger partial charge is 0.481 e. The van der Waals surface area contributed by atoms with Crippen LogP contribution < -0.4 is 10.6 Å². The van der Waals surface area contributed by atoms with E-state index in [9.17, 15) is 29.4 Å². The highest BCUT2D eigenvalue weighted by Crippen LogP contribution is 2.28. The molecule has 0 aliphatic heterocycles. The molecule has 1 rings (SSSR count). The molecule has 1 atom stereocenters. The van der Waals surface area contributed by atoms with E-state index in [0.717, 1.165) is 4.90 Å². The molecule has 1 unspecified atom stereocenters. The highest BCUT2D eigenvalue weighted by atomic mass is 16.4. The van der Waals surface area contributed by atoms with E-state index in [1.54, 1.807) is 0 Å². The van der Waals surface area contributed by atoms with Crippen LogP contribution >= 0.6 is 0 Å². The third-order valence-corrected chi connectivity index (χ3v) is 4.11. The smallest absolute Gasteiger partial charge is 0.329 e. The Bertz CT molecular complexity index is 720. The molecule has 154 valence electrons. The molecule has 6 N–H and O–H groups in total. The second kappa shape index (κ2) is 9.55. The summed E-state index contributed by atoms with van der Waals surface area (Å²) in [6, 6.07) is 6.05. The van der Waals surface area contributed by atoms with Crippen molar-refractivity contribution in [3.63, 3.8) is 0 Å². The summed E-state index contributed by atoms with van der Waals surface area (Å²) in [5.74, 6) is -5.22. The lowest BCUT2D eigenvalue weighted by Gasteiger charge is -2.40. The third-order valence-electron chi connectivity index (χ3n) is 4.11. The molecule has 0 bridgehead atoms. The van der Waals surface area contributed by atoms with Crippen molar-refractivity contribution in [1.29, 1.82) is 0 Å². The molecule has 0 fully saturated rings. The molecular weight excluding hydrogens is 374 g/mol. The van der Waals surface area contributed by atoms with Gasteiger partial charge < -0.3 is 31.1 Å². The van der Waals surface area contributed by atoms with Gasteiger partial charge in [0.15, 0.2) is 0 Å². The second-order valence-corrected chi connectivity index (χ2v) is 6.39. The van der Waals surface area contributed by atoms with E-state index in [0.29, 0.717) is 11.4 Å². The van der Waals surface area contributed by atoms with Crippen LogP contribution in [0.2, 0.25) is 0 Å². The van der Waals surface area contributed by atoms with Gasteiger partial charge in [0.05, 0.1) is 19.5 Å². The van der Waals surface area contributed by atoms with Gasteiger partial charge in [0, 0.05) is 24.5 Å². The molecule has 11 heteroatoms. The zero-order valence-corrected chi connectivity index (χ0v) is 15.2. The van der Waals surface area contributed by atoms with Crippen molar-refractivity contribution in [3.05, 3.63) is 24.3 Å². The van der Waals surface area contributed by atoms with Gasteiger partial charge in [0.2, 0.25) is 0 Å². The predicted molar refractivity (Wildman–Crippen MR) is 98.2 cm³/mol. The maximum absolute atomic E-state index is 11.9. The van der Waals surface area contributed by atoms with Crippen molar-refractivity contribution in [3.8, 4) is 0 Å². The first-order valence-electron chi connectivity index (χ1n) is 8.20. The van der Waals surface area contributed by atoms with E-state index in [1.807, 2.05) is 0 Å². The van der Waals surface area contributed by atoms with Gasteiger partial charge >= 0.3 is 23.9 Å². The number of aliphatic carboxylic acids is 4. The number of carboxylic acid groups (broad SMARTS) is 4. The topological polar surface area (TPSA) is 182 Å². The van der Waals surface area contributed by atoms with E-state index in [-0.39, 0.29) is 13.1 Å². The van der Waals surface area contributed by atoms with E-state index in [1.165, 1.54) is 36.1 Å². The fraction of sp³-hybridized carbons (Fsp3) is 0.412. The summed E-state index contributed by atoms with van der Waals surface area (Å²) in [5, 5.41) is 36.8. The highest BCUT2D eigenvalue weighted by Gasteiger charge is 2.42. The number of carbonyl (C=O) groups is 4. The number of nitrogens with zero attached hydrogens (tertiary/aromatic N) is 2. The van der Waals surface area contributed by atoms with Crippen LogP contribution in [0, 0.1) is 0 Å². The zero-order chi connectivity index (χ0) is 21.5. The molecule has 0 aliphatic carbocycles. The number of benzene rings is 1. The van der Waals surface area contributed by atoms with Crippen LogP contribution in [0.15, 0.2) is 24.3 Å². The quantitative estimate of drug-likeness (QED) is 0.296. The maximum atomic E-state index is 11.9. The number of nitrogen functional groups attached to an aromatic ring is 1. The molecule has 0 heterocycles. The van der Waals surface area contributed by atoms with Gasteiger partial charge in [-0.05, 0) is 31.2 Å². The Morgan fingerprint density at radius 3 is 1.79 bits per heavy atom. The predicted octanol–water partition coefficient (Wildman–Crippen LogP) is -0.136. The molecule has 28 heavy (non-hydrogen) atoms. The summed E-state index contributed by atoms with van der Waals surface area (Å²) in [6.07, 6.45) is -0.732. The number of nitrogens with two attached hydrogens (primary N) is 1. The number of hydrogen-bond acceptors (Lipinski definition) is 7. The molecule has 0 radical (unpaired) electrons. The average Bonchev–Trinajstić information content (AvgIpc) is 2.54. The normalized spacial score (nSPS) is 12.9. The van der Waals surface area contributed by atoms with E-state index in [4.69, 9.17) is 15.9 Å². The summed E-state index contributed by atoms with van der Waals surface area (Å²) >= 11 is 0. The summed E-state index contributed by atoms with van der Waals surface area (Å²) in [7, 11) is 0. The molecule has 1 aromatic carbocycles. The first-order chi connectivity index (χ1) is 13.0. The average molecular weight is 397 g/mol. The standard InChI is InChI=1S/C17H23N3O8/c1-17(16(27)28,8-13(21)22)20(12-4-2-11(18)3-5-12)7-6-19(9-14(23)24)10-15(25)26/h2-5H,6-10,18H2,1H3,(H,21,22)(H,23,24)(H,25,26)(H,27,28). The van der Waals surface area contributed by atoms with Gasteiger partial charge in [0.25, 0.3) is 0 Å². The van der Waals surface area contributed by atoms with E-state index < -0.39 is 48.9 Å². The maximum Gasteiger partial charge on any atom is 0.329 e. The summed E-state index contributed by atoms with van der Waals surface area (Å²) in [5.41, 5.74) is 4.55. The fourth-order valence-electron chi connectivity index (χ4n) is 2.73. The van der Waals surface area contributed by atoms with Crippen molar-refractivity contribution in [1.82, 2.24) is 4.90 Å². The Kier molecular flexibility index (Phi) is 7.75. The molecular formula is C17H23N3O8. The lowest BCUT2D eigenvalue weighted by atomic mass is 9.94. The van der Waals surface area contributed by atoms with Crippen LogP contribution in [0.4, 0.5) is 11.4 Å². The van der Waals surface area contributed by atoms with Crippen molar-refractivity contribution in [2.24, 2.45) is 0 Å². The molecule has 0 saturated heterocycles. The lowest BCUT2D eigenvalue weighted by molar-refractivity contribution is -0.149. The Labute approximate surface area is 160 Å². The molecule has 0 amide bonds. The summed E-state index contributed by atoms with van der Waals surface area (Å²) in [6.45, 7) is -0.139. The van der Waals surface area contributed by atoms with Crippen molar-refractivity contribution >= 4 is 35.3 Å². The first-order valence-corrected chi connectivity index (χ1v) is 8.20. The molecule has 0 aromatic heterocycles. The van der Waals surface area contributed by atoms with Gasteiger partial charge in [-0.25, -0.2) is 4.79 Å². The van der Waals surface area contributed by atoms with Crippen LogP contribution in [0.3, 0.4) is 0 Å². The zero-order valence-electron chi connectivity index (χ0n) is 15.2. The number of carboxylic acids is 4. The Morgan fingerprint density at radius 2 is 1.39 bits per heavy atom. The highest BCUT2D eigenvalue weighted by molar-refractivity contribution is 5.88. The van der Waals surface area contributed by atoms with Gasteiger partial charge in [0.1, 0.15) is 5.54 Å². The number of anilines is 2. The van der Waals surface area contributed by atoms with Crippen molar-refractivity contribution in [2.45, 2.75) is 18.9 Å². The minimum Gasteiger partial charge on any atom is -0.481 e. The Morgan fingerprint density at radius 1 is 0.893 bits per heavy atom. The van der Waals surface area contributed by atoms with Crippen molar-refractivity contribution < 1.29 is 39.6 Å². The van der Waals surface area contributed by atoms with E-state index >= 15 is 0 Å². The van der Waals surface area contributed by atoms with Gasteiger partial charge in [-0.15, -0.1) is 0 Å². The molecule has 11 nitrogen and oxygen atoms in total. The lowest BCUT2D eigenvalue weighted by Crippen LogP contribution is -2.56. The van der Waals surface area contributed by atoms with Crippen LogP contribution in [0.25, 0.3) is 0 Å². The minimum absolute atomic E-state index is 0.120. The van der Waals surface area contributed by atoms with Gasteiger partial charge in [-0.3, -0.25) is 19.3 Å². The minimum atomic E-state index is -1.86. The van der Waals surface area contributed by atoms with Gasteiger partial charge in [-0.1, -0.05) is 0 Å². The van der Waals surface area contributed by atoms with E-state index in [2.05, 4.69) is 0 Å². The summed E-state index contributed by atoms with van der Waals surface area (Å²) < 4.78 is 0. The van der Waals surface area contributed by atoms with Crippen LogP contribution in [0.1, 0.15) is 13.3 Å². The molecule has 0 aliphatic rings. The SMILES string of the molecule is CC(CC(=O)O)(C(=O)O)N(CCN(CC(=O)O)CC(=O)O)c1ccc(N)cc1. The summed E-state index contributed by atoms with van der Waals surface area (Å²) in [4.78, 5) is 47.5. The van der Waals surface area contributed by atoms with Crippen LogP contribution in [0.5, 0.6) is 0 Å². The second-order valence-electron chi connectivity index (χ2n) is 6.39. The fourth-order valence-corrected chi connectivity index (χ4v) is 2.73. The van der Waals surface area contributed by atoms with Crippen LogP contribution in [-0.4, -0.2) is 80.9 Å².